The van der Waals surface area contributed by atoms with Crippen LogP contribution in [-0.2, 0) is 10.8 Å². The Morgan fingerprint density at radius 1 is 0.278 bits per heavy atom. The lowest BCUT2D eigenvalue weighted by Gasteiger charge is -2.30. The van der Waals surface area contributed by atoms with Gasteiger partial charge in [0.1, 0.15) is 0 Å². The second-order valence-corrected chi connectivity index (χ2v) is 21.6. The van der Waals surface area contributed by atoms with Crippen molar-refractivity contribution in [3.05, 3.63) is 353 Å². The Morgan fingerprint density at radius 3 is 0.844 bits per heavy atom. The molecule has 90 heavy (non-hydrogen) atoms. The van der Waals surface area contributed by atoms with Gasteiger partial charge < -0.3 is 10.0 Å². The van der Waals surface area contributed by atoms with E-state index in [1.54, 1.807) is 0 Å². The van der Waals surface area contributed by atoms with E-state index < -0.39 is 144 Å². The van der Waals surface area contributed by atoms with E-state index in [2.05, 4.69) is 139 Å². The Hall–Kier alpha value is -11.1. The molecule has 0 unspecified atom stereocenters. The summed E-state index contributed by atoms with van der Waals surface area (Å²) in [6.07, 6.45) is 0. The van der Waals surface area contributed by atoms with E-state index in [-0.39, 0.29) is 51.4 Å². The van der Waals surface area contributed by atoms with Gasteiger partial charge in [-0.25, -0.2) is 19.9 Å². The number of hydrogen-bond donors (Lipinski definition) is 2. The number of halogens is 1. The zero-order chi connectivity index (χ0) is 77.7. The molecule has 10 heteroatoms. The van der Waals surface area contributed by atoms with Gasteiger partial charge >= 0.3 is 7.12 Å². The number of fused-ring (bicyclic) bond motifs is 20. The van der Waals surface area contributed by atoms with Gasteiger partial charge in [-0.15, -0.1) is 0 Å². The molecule has 2 aromatic heterocycles. The van der Waals surface area contributed by atoms with Gasteiger partial charge in [0, 0.05) is 27.8 Å². The van der Waals surface area contributed by atoms with E-state index in [1.165, 1.54) is 33.4 Å². The predicted molar refractivity (Wildman–Crippen MR) is 361 cm³/mol. The van der Waals surface area contributed by atoms with E-state index in [4.69, 9.17) is 39.0 Å². The highest BCUT2D eigenvalue weighted by Crippen LogP contribution is 2.64. The maximum atomic E-state index is 9.85. The maximum absolute atomic E-state index is 9.85. The standard InChI is InChI=1S/C40H25N3.C25H17BO2.C15H10ClN3/c1-3-13-26(14-4-1)37-41-38(27-15-5-2-6-16-27)43-39(42-37)28-23-24-32-31-19-9-12-22-35(31)40(36(32)25-28)33-20-10-7-17-29(33)30-18-8-11-21-34(30)40;27-26(28)16-13-14-20-19-9-3-6-12-23(19)25(24(20)15-16)21-10-4-1-7-17(21)18-8-2-5-11-22(18)25;16-15-18-13(11-7-3-1-4-8-11)17-14(19-15)12-9-5-2-6-10-12/h1-25H;1-15,27-28H;1-10H/i1D,2D,3D,4D,5D,6D,13D,14D,15D,16D;;1D,2D,3D,4D,5D,6D,7D,8D,9D,10D. The molecular weight excluding hydrogens is 1120 g/mol. The van der Waals surface area contributed by atoms with Crippen LogP contribution in [0.3, 0.4) is 0 Å². The third kappa shape index (κ3) is 8.77. The molecule has 2 heterocycles. The number of hydrogen-bond acceptors (Lipinski definition) is 8. The first-order valence-electron chi connectivity index (χ1n) is 38.4. The van der Waals surface area contributed by atoms with Crippen LogP contribution in [0.1, 0.15) is 71.9 Å². The molecule has 0 aliphatic heterocycles. The van der Waals surface area contributed by atoms with Gasteiger partial charge in [-0.3, -0.25) is 0 Å². The lowest BCUT2D eigenvalue weighted by Crippen LogP contribution is -2.32. The van der Waals surface area contributed by atoms with Gasteiger partial charge in [0.15, 0.2) is 29.1 Å². The summed E-state index contributed by atoms with van der Waals surface area (Å²) in [4.78, 5) is 25.4. The zero-order valence-electron chi connectivity index (χ0n) is 66.9. The van der Waals surface area contributed by atoms with Crippen molar-refractivity contribution in [3.63, 3.8) is 0 Å². The molecule has 2 spiro atoms. The van der Waals surface area contributed by atoms with E-state index in [0.717, 1.165) is 55.6 Å². The molecule has 0 atom stereocenters. The zero-order valence-corrected chi connectivity index (χ0v) is 47.6. The highest BCUT2D eigenvalue weighted by molar-refractivity contribution is 6.58. The minimum Gasteiger partial charge on any atom is -0.423 e. The molecule has 12 aromatic carbocycles. The Bertz CT molecular complexity index is 5950. The lowest BCUT2D eigenvalue weighted by molar-refractivity contribution is 0.425. The summed E-state index contributed by atoms with van der Waals surface area (Å²) >= 11 is 5.91. The summed E-state index contributed by atoms with van der Waals surface area (Å²) in [5.74, 6) is -1.35. The summed E-state index contributed by atoms with van der Waals surface area (Å²) in [6, 6.07) is 50.5. The quantitative estimate of drug-likeness (QED) is 0.158. The molecule has 424 valence electrons. The van der Waals surface area contributed by atoms with Crippen LogP contribution in [0.4, 0.5) is 0 Å². The van der Waals surface area contributed by atoms with E-state index >= 15 is 0 Å². The molecule has 14 aromatic rings. The fourth-order valence-corrected chi connectivity index (χ4v) is 13.4. The molecule has 4 aliphatic carbocycles. The molecule has 0 amide bonds. The van der Waals surface area contributed by atoms with Crippen molar-refractivity contribution in [1.82, 2.24) is 29.9 Å². The first-order valence-corrected chi connectivity index (χ1v) is 28.7. The third-order valence-corrected chi connectivity index (χ3v) is 16.9. The largest absolute Gasteiger partial charge is 0.488 e. The van der Waals surface area contributed by atoms with Crippen molar-refractivity contribution in [2.45, 2.75) is 10.8 Å². The summed E-state index contributed by atoms with van der Waals surface area (Å²) in [6.45, 7) is 0. The van der Waals surface area contributed by atoms with Crippen LogP contribution in [0.2, 0.25) is 5.28 Å². The van der Waals surface area contributed by atoms with Gasteiger partial charge in [-0.1, -0.05) is 297 Å². The molecule has 18 rings (SSSR count). The average molecular weight is 1200 g/mol. The van der Waals surface area contributed by atoms with Gasteiger partial charge in [0.25, 0.3) is 0 Å². The van der Waals surface area contributed by atoms with Crippen molar-refractivity contribution in [2.75, 3.05) is 0 Å². The molecule has 0 radical (unpaired) electrons. The van der Waals surface area contributed by atoms with Crippen molar-refractivity contribution in [3.8, 4) is 101 Å². The minimum absolute atomic E-state index is 0.0251. The van der Waals surface area contributed by atoms with Crippen molar-refractivity contribution in [2.24, 2.45) is 0 Å². The van der Waals surface area contributed by atoms with E-state index in [0.29, 0.717) is 11.0 Å². The summed E-state index contributed by atoms with van der Waals surface area (Å²) in [5.41, 5.74) is 16.9. The van der Waals surface area contributed by atoms with Crippen LogP contribution in [-0.4, -0.2) is 47.1 Å². The molecular formula is C80H52BClN6O2. The van der Waals surface area contributed by atoms with Crippen LogP contribution in [0.5, 0.6) is 0 Å². The summed E-state index contributed by atoms with van der Waals surface area (Å²) in [5, 5.41) is 19.3. The van der Waals surface area contributed by atoms with Gasteiger partial charge in [0.05, 0.1) is 38.2 Å². The lowest BCUT2D eigenvalue weighted by atomic mass is 9.68. The first kappa shape index (κ1) is 36.9. The predicted octanol–water partition coefficient (Wildman–Crippen LogP) is 16.8. The maximum Gasteiger partial charge on any atom is 0.488 e. The minimum atomic E-state index is -1.49. The monoisotopic (exact) mass is 1190 g/mol. The molecule has 4 aliphatic rings. The SMILES string of the molecule is OB(O)c1ccc2c(c1)C1(c3ccccc3-c3ccccc31)c1ccccc1-2.[2H]c1c([2H])c([2H])c(-c2nc(-c3ccc4c(c3)C3(c5ccccc5-c5ccccc53)c3ccccc3-4)nc(-c3c([2H])c([2H])c([2H])c([2H])c3[2H])n2)c([2H])c1[2H].[2H]c1c([2H])c([2H])c(-c2nc(Cl)nc(-c3c([2H])c([2H])c([2H])c([2H])c3[2H])n2)c([2H])c1[2H]. The fraction of sp³-hybridized carbons (Fsp3) is 0.0250. The number of rotatable bonds is 6. The smallest absolute Gasteiger partial charge is 0.423 e. The third-order valence-electron chi connectivity index (χ3n) is 16.7. The van der Waals surface area contributed by atoms with Crippen LogP contribution in [0.15, 0.2) is 303 Å². The number of nitrogens with zero attached hydrogens (tertiary/aromatic N) is 6. The highest BCUT2D eigenvalue weighted by Gasteiger charge is 2.53. The Balaban J connectivity index is 0.000000136. The van der Waals surface area contributed by atoms with Crippen molar-refractivity contribution < 1.29 is 37.5 Å². The van der Waals surface area contributed by atoms with Crippen LogP contribution >= 0.6 is 11.6 Å². The Morgan fingerprint density at radius 2 is 0.533 bits per heavy atom. The topological polar surface area (TPSA) is 118 Å². The van der Waals surface area contributed by atoms with Crippen LogP contribution < -0.4 is 5.46 Å². The number of aromatic nitrogens is 6. The van der Waals surface area contributed by atoms with Gasteiger partial charge in [-0.05, 0) is 112 Å². The van der Waals surface area contributed by atoms with E-state index in [1.807, 2.05) is 72.8 Å². The molecule has 0 saturated heterocycles. The first-order chi connectivity index (χ1) is 52.7. The second-order valence-electron chi connectivity index (χ2n) is 21.3. The molecule has 2 N–H and O–H groups in total. The molecule has 0 saturated carbocycles. The van der Waals surface area contributed by atoms with Gasteiger partial charge in [-0.2, -0.15) is 9.97 Å². The van der Waals surface area contributed by atoms with Crippen LogP contribution in [0, 0.1) is 0 Å². The van der Waals surface area contributed by atoms with Crippen molar-refractivity contribution in [1.29, 1.82) is 0 Å². The average Bonchev–Trinajstić information content (AvgIpc) is 1.52. The van der Waals surface area contributed by atoms with Crippen molar-refractivity contribution >= 4 is 24.2 Å². The Kier molecular flexibility index (Phi) is 9.14. The van der Waals surface area contributed by atoms with Crippen LogP contribution in [0.25, 0.3) is 101 Å². The molecule has 0 bridgehead atoms. The summed E-state index contributed by atoms with van der Waals surface area (Å²) < 4.78 is 163. The normalized spacial score (nSPS) is 16.1. The molecule has 8 nitrogen and oxygen atoms in total. The highest BCUT2D eigenvalue weighted by atomic mass is 35.5. The number of benzene rings is 12. The second kappa shape index (κ2) is 22.3. The molecule has 0 fully saturated rings. The van der Waals surface area contributed by atoms with Gasteiger partial charge in [0.2, 0.25) is 5.28 Å². The van der Waals surface area contributed by atoms with E-state index in [9.17, 15) is 10.0 Å². The fourth-order valence-electron chi connectivity index (χ4n) is 13.3. The summed E-state index contributed by atoms with van der Waals surface area (Å²) in [7, 11) is -1.49. The Labute approximate surface area is 554 Å².